The molecule has 20 heavy (non-hydrogen) atoms. The second-order valence-corrected chi connectivity index (χ2v) is 7.88. The van der Waals surface area contributed by atoms with Crippen LogP contribution in [0.15, 0.2) is 48.6 Å². The van der Waals surface area contributed by atoms with Gasteiger partial charge in [-0.1, -0.05) is 48.6 Å². The Morgan fingerprint density at radius 1 is 0.500 bits per heavy atom. The maximum absolute atomic E-state index is 4.30. The Bertz CT molecular complexity index is 428. The quantitative estimate of drug-likeness (QED) is 0.565. The molecule has 0 amide bonds. The predicted octanol–water partition coefficient (Wildman–Crippen LogP) is 5.30. The highest BCUT2D eigenvalue weighted by Gasteiger charge is 2.49. The van der Waals surface area contributed by atoms with Crippen molar-refractivity contribution < 1.29 is 0 Å². The number of hydrogen-bond donors (Lipinski definition) is 0. The van der Waals surface area contributed by atoms with Gasteiger partial charge in [0.15, 0.2) is 0 Å². The van der Waals surface area contributed by atoms with E-state index in [1.165, 1.54) is 48.0 Å². The van der Waals surface area contributed by atoms with Crippen molar-refractivity contribution in [2.24, 2.45) is 35.5 Å². The van der Waals surface area contributed by atoms with Gasteiger partial charge in [-0.2, -0.15) is 0 Å². The van der Waals surface area contributed by atoms with Crippen molar-refractivity contribution in [3.05, 3.63) is 48.6 Å². The number of rotatable bonds is 1. The summed E-state index contributed by atoms with van der Waals surface area (Å²) in [5.74, 6) is 4.87. The highest BCUT2D eigenvalue weighted by atomic mass is 14.5. The molecule has 0 heteroatoms. The van der Waals surface area contributed by atoms with Gasteiger partial charge in [-0.05, 0) is 74.0 Å². The summed E-state index contributed by atoms with van der Waals surface area (Å²) >= 11 is 0. The average Bonchev–Trinajstić information content (AvgIpc) is 3.09. The fourth-order valence-electron chi connectivity index (χ4n) is 5.84. The zero-order valence-corrected chi connectivity index (χ0v) is 12.5. The van der Waals surface area contributed by atoms with Crippen LogP contribution >= 0.6 is 0 Å². The lowest BCUT2D eigenvalue weighted by Gasteiger charge is -2.21. The molecule has 0 N–H and O–H groups in total. The van der Waals surface area contributed by atoms with Crippen molar-refractivity contribution in [3.63, 3.8) is 0 Å². The van der Waals surface area contributed by atoms with Gasteiger partial charge < -0.3 is 0 Å². The molecule has 4 aliphatic rings. The minimum atomic E-state index is 0.763. The van der Waals surface area contributed by atoms with E-state index in [1.54, 1.807) is 0 Å². The molecule has 0 nitrogen and oxygen atoms in total. The highest BCUT2D eigenvalue weighted by Crippen LogP contribution is 2.59. The first kappa shape index (κ1) is 12.7. The summed E-state index contributed by atoms with van der Waals surface area (Å²) in [6.07, 6.45) is 7.73. The molecule has 0 aromatic heterocycles. The van der Waals surface area contributed by atoms with E-state index in [0.717, 1.165) is 48.3 Å². The van der Waals surface area contributed by atoms with Crippen molar-refractivity contribution in [3.8, 4) is 0 Å². The minimum absolute atomic E-state index is 0.763. The third-order valence-corrected chi connectivity index (χ3v) is 6.87. The zero-order valence-electron chi connectivity index (χ0n) is 12.5. The van der Waals surface area contributed by atoms with Gasteiger partial charge in [0.05, 0.1) is 0 Å². The standard InChI is InChI=1S/C20H26/c1-11-5-12(2)18-8-15(7-17(11)18)16-9-19-13(3)6-14(4)20(19)10-16/h15-20H,1-10H2. The molecule has 0 aromatic rings. The second-order valence-electron chi connectivity index (χ2n) is 7.88. The summed E-state index contributed by atoms with van der Waals surface area (Å²) in [5, 5.41) is 0. The van der Waals surface area contributed by atoms with E-state index in [-0.39, 0.29) is 0 Å². The normalized spacial score (nSPS) is 47.2. The third kappa shape index (κ3) is 1.66. The summed E-state index contributed by atoms with van der Waals surface area (Å²) in [4.78, 5) is 0. The maximum Gasteiger partial charge on any atom is -0.0108 e. The maximum atomic E-state index is 4.30. The van der Waals surface area contributed by atoms with E-state index in [2.05, 4.69) is 26.3 Å². The molecule has 4 fully saturated rings. The van der Waals surface area contributed by atoms with Crippen LogP contribution in [0, 0.1) is 35.5 Å². The van der Waals surface area contributed by atoms with Crippen LogP contribution in [0.25, 0.3) is 0 Å². The second kappa shape index (κ2) is 4.23. The molecule has 0 radical (unpaired) electrons. The molecule has 0 heterocycles. The topological polar surface area (TPSA) is 0 Å². The molecule has 0 spiro atoms. The predicted molar refractivity (Wildman–Crippen MR) is 85.2 cm³/mol. The van der Waals surface area contributed by atoms with Crippen LogP contribution in [0.3, 0.4) is 0 Å². The van der Waals surface area contributed by atoms with Crippen molar-refractivity contribution in [1.82, 2.24) is 0 Å². The van der Waals surface area contributed by atoms with Gasteiger partial charge in [-0.3, -0.25) is 0 Å². The average molecular weight is 266 g/mol. The van der Waals surface area contributed by atoms with E-state index in [1.807, 2.05) is 0 Å². The summed E-state index contributed by atoms with van der Waals surface area (Å²) in [7, 11) is 0. The molecular weight excluding hydrogens is 240 g/mol. The Balaban J connectivity index is 1.49. The van der Waals surface area contributed by atoms with Crippen LogP contribution in [0.4, 0.5) is 0 Å². The molecular formula is C20H26. The van der Waals surface area contributed by atoms with E-state index in [0.29, 0.717) is 0 Å². The fourth-order valence-corrected chi connectivity index (χ4v) is 5.84. The molecule has 4 rings (SSSR count). The minimum Gasteiger partial charge on any atom is -0.0992 e. The van der Waals surface area contributed by atoms with Crippen LogP contribution in [0.1, 0.15) is 38.5 Å². The molecule has 106 valence electrons. The summed E-state index contributed by atoms with van der Waals surface area (Å²) < 4.78 is 0. The monoisotopic (exact) mass is 266 g/mol. The van der Waals surface area contributed by atoms with E-state index < -0.39 is 0 Å². The van der Waals surface area contributed by atoms with Gasteiger partial charge in [0, 0.05) is 0 Å². The van der Waals surface area contributed by atoms with E-state index in [9.17, 15) is 0 Å². The lowest BCUT2D eigenvalue weighted by molar-refractivity contribution is 0.324. The molecule has 0 saturated heterocycles. The SMILES string of the molecule is C=C1CC(=C)C2CC(C3CC4C(=C)CC(=C)C4C3)CC12. The Labute approximate surface area is 123 Å². The van der Waals surface area contributed by atoms with Crippen LogP contribution in [0.5, 0.6) is 0 Å². The third-order valence-electron chi connectivity index (χ3n) is 6.87. The van der Waals surface area contributed by atoms with Gasteiger partial charge >= 0.3 is 0 Å². The van der Waals surface area contributed by atoms with Crippen LogP contribution < -0.4 is 0 Å². The first-order chi connectivity index (χ1) is 9.54. The number of allylic oxidation sites excluding steroid dienone is 4. The number of fused-ring (bicyclic) bond motifs is 2. The Morgan fingerprint density at radius 2 is 0.750 bits per heavy atom. The summed E-state index contributed by atoms with van der Waals surface area (Å²) in [6.45, 7) is 17.2. The lowest BCUT2D eigenvalue weighted by Crippen LogP contribution is -2.11. The first-order valence-electron chi connectivity index (χ1n) is 8.25. The van der Waals surface area contributed by atoms with Gasteiger partial charge in [0.25, 0.3) is 0 Å². The van der Waals surface area contributed by atoms with Crippen LogP contribution in [-0.2, 0) is 0 Å². The molecule has 4 atom stereocenters. The van der Waals surface area contributed by atoms with Gasteiger partial charge in [0.2, 0.25) is 0 Å². The lowest BCUT2D eigenvalue weighted by atomic mass is 9.84. The Hall–Kier alpha value is -1.04. The van der Waals surface area contributed by atoms with Gasteiger partial charge in [-0.25, -0.2) is 0 Å². The van der Waals surface area contributed by atoms with Crippen LogP contribution in [-0.4, -0.2) is 0 Å². The smallest absolute Gasteiger partial charge is 0.0108 e. The molecule has 0 aromatic carbocycles. The van der Waals surface area contributed by atoms with Gasteiger partial charge in [0.1, 0.15) is 0 Å². The van der Waals surface area contributed by atoms with Crippen molar-refractivity contribution in [2.75, 3.05) is 0 Å². The van der Waals surface area contributed by atoms with Gasteiger partial charge in [-0.15, -0.1) is 0 Å². The van der Waals surface area contributed by atoms with E-state index in [4.69, 9.17) is 0 Å². The van der Waals surface area contributed by atoms with Crippen LogP contribution in [0.2, 0.25) is 0 Å². The molecule has 4 aliphatic carbocycles. The summed E-state index contributed by atoms with van der Waals surface area (Å²) in [6, 6.07) is 0. The van der Waals surface area contributed by atoms with Crippen molar-refractivity contribution >= 4 is 0 Å². The van der Waals surface area contributed by atoms with Crippen molar-refractivity contribution in [1.29, 1.82) is 0 Å². The molecule has 4 unspecified atom stereocenters. The molecule has 0 bridgehead atoms. The van der Waals surface area contributed by atoms with E-state index >= 15 is 0 Å². The summed E-state index contributed by atoms with van der Waals surface area (Å²) in [5.41, 5.74) is 5.87. The van der Waals surface area contributed by atoms with Crippen molar-refractivity contribution in [2.45, 2.75) is 38.5 Å². The molecule has 0 aliphatic heterocycles. The first-order valence-corrected chi connectivity index (χ1v) is 8.25. The Morgan fingerprint density at radius 3 is 1.00 bits per heavy atom. The zero-order chi connectivity index (χ0) is 14.0. The fraction of sp³-hybridized carbons (Fsp3) is 0.600. The Kier molecular flexibility index (Phi) is 2.68. The molecule has 4 saturated carbocycles. The number of hydrogen-bond acceptors (Lipinski definition) is 0. The highest BCUT2D eigenvalue weighted by molar-refractivity contribution is 5.31. The largest absolute Gasteiger partial charge is 0.0992 e.